The number of nitrogens with zero attached hydrogens (tertiary/aromatic N) is 2. The lowest BCUT2D eigenvalue weighted by atomic mass is 10.1. The van der Waals surface area contributed by atoms with Gasteiger partial charge in [0, 0.05) is 0 Å². The van der Waals surface area contributed by atoms with Gasteiger partial charge in [0.15, 0.2) is 23.3 Å². The van der Waals surface area contributed by atoms with Crippen LogP contribution < -0.4 is 5.56 Å². The lowest BCUT2D eigenvalue weighted by molar-refractivity contribution is 0.377. The molecule has 1 aromatic carbocycles. The van der Waals surface area contributed by atoms with Crippen LogP contribution in [-0.2, 0) is 0 Å². The first-order chi connectivity index (χ1) is 10.8. The summed E-state index contributed by atoms with van der Waals surface area (Å²) in [5.41, 5.74) is -2.18. The van der Waals surface area contributed by atoms with E-state index in [1.54, 1.807) is 6.07 Å². The van der Waals surface area contributed by atoms with E-state index in [-0.39, 0.29) is 16.8 Å². The molecule has 0 atom stereocenters. The summed E-state index contributed by atoms with van der Waals surface area (Å²) in [6.45, 7) is 1.35. The Bertz CT molecular complexity index is 898. The Kier molecular flexibility index (Phi) is 4.27. The maximum absolute atomic E-state index is 13.5. The van der Waals surface area contributed by atoms with Crippen LogP contribution in [0.3, 0.4) is 0 Å². The summed E-state index contributed by atoms with van der Waals surface area (Å²) >= 11 is 0. The van der Waals surface area contributed by atoms with Crippen molar-refractivity contribution in [2.45, 2.75) is 6.92 Å². The van der Waals surface area contributed by atoms with Crippen molar-refractivity contribution >= 4 is 12.2 Å². The zero-order valence-corrected chi connectivity index (χ0v) is 11.3. The number of rotatable bonds is 2. The molecular formula is C14H6F5N3O. The highest BCUT2D eigenvalue weighted by Crippen LogP contribution is 2.24. The van der Waals surface area contributed by atoms with Crippen molar-refractivity contribution in [2.75, 3.05) is 0 Å². The summed E-state index contributed by atoms with van der Waals surface area (Å²) in [7, 11) is 0. The second kappa shape index (κ2) is 6.00. The number of aromatic amines is 1. The second-order valence-corrected chi connectivity index (χ2v) is 4.37. The zero-order chi connectivity index (χ0) is 17.3. The topological polar surface area (TPSA) is 69.5 Å². The van der Waals surface area contributed by atoms with Crippen LogP contribution in [0.15, 0.2) is 4.79 Å². The molecule has 0 aliphatic rings. The fraction of sp³-hybridized carbons (Fsp3) is 0.0714. The smallest absolute Gasteiger partial charge is 0.267 e. The minimum atomic E-state index is -2.26. The first-order valence-corrected chi connectivity index (χ1v) is 5.98. The molecule has 0 spiro atoms. The van der Waals surface area contributed by atoms with Crippen LogP contribution in [0.1, 0.15) is 22.4 Å². The number of aromatic nitrogens is 2. The predicted molar refractivity (Wildman–Crippen MR) is 69.5 cm³/mol. The first-order valence-electron chi connectivity index (χ1n) is 5.98. The molecule has 2 rings (SSSR count). The van der Waals surface area contributed by atoms with Crippen LogP contribution in [0.5, 0.6) is 0 Å². The summed E-state index contributed by atoms with van der Waals surface area (Å²) < 4.78 is 66.1. The molecule has 0 saturated carbocycles. The average Bonchev–Trinajstić information content (AvgIpc) is 2.53. The van der Waals surface area contributed by atoms with E-state index in [1.807, 2.05) is 5.10 Å². The molecule has 0 amide bonds. The molecule has 0 unspecified atom stereocenters. The third-order valence-electron chi connectivity index (χ3n) is 3.03. The van der Waals surface area contributed by atoms with Crippen LogP contribution in [-0.4, -0.2) is 10.2 Å². The van der Waals surface area contributed by atoms with Gasteiger partial charge in [-0.15, -0.1) is 0 Å². The number of nitrogens with one attached hydrogen (secondary N) is 1. The molecular weight excluding hydrogens is 321 g/mol. The van der Waals surface area contributed by atoms with Crippen molar-refractivity contribution in [1.82, 2.24) is 10.2 Å². The first kappa shape index (κ1) is 16.4. The van der Waals surface area contributed by atoms with E-state index in [2.05, 4.69) is 5.10 Å². The van der Waals surface area contributed by atoms with E-state index in [0.717, 1.165) is 6.08 Å². The molecule has 0 radical (unpaired) electrons. The monoisotopic (exact) mass is 327 g/mol. The van der Waals surface area contributed by atoms with E-state index in [1.165, 1.54) is 6.92 Å². The quantitative estimate of drug-likeness (QED) is 0.524. The molecule has 23 heavy (non-hydrogen) atoms. The number of benzene rings is 1. The van der Waals surface area contributed by atoms with Gasteiger partial charge in [0.25, 0.3) is 5.56 Å². The summed E-state index contributed by atoms with van der Waals surface area (Å²) in [5.74, 6) is -10.4. The lowest BCUT2D eigenvalue weighted by Crippen LogP contribution is -2.15. The molecule has 1 N–H and O–H groups in total. The van der Waals surface area contributed by atoms with Crippen molar-refractivity contribution in [1.29, 1.82) is 5.26 Å². The van der Waals surface area contributed by atoms with Gasteiger partial charge < -0.3 is 0 Å². The van der Waals surface area contributed by atoms with Gasteiger partial charge in [0.05, 0.1) is 11.3 Å². The Morgan fingerprint density at radius 3 is 2.04 bits per heavy atom. The van der Waals surface area contributed by atoms with Crippen LogP contribution in [0.2, 0.25) is 0 Å². The predicted octanol–water partition coefficient (Wildman–Crippen LogP) is 2.82. The van der Waals surface area contributed by atoms with Crippen molar-refractivity contribution in [3.05, 3.63) is 61.8 Å². The van der Waals surface area contributed by atoms with Gasteiger partial charge in [-0.05, 0) is 24.6 Å². The minimum Gasteiger partial charge on any atom is -0.267 e. The van der Waals surface area contributed by atoms with Gasteiger partial charge in [-0.3, -0.25) is 4.79 Å². The van der Waals surface area contributed by atoms with Gasteiger partial charge in [-0.2, -0.15) is 10.4 Å². The molecule has 1 aromatic heterocycles. The summed E-state index contributed by atoms with van der Waals surface area (Å²) in [6, 6.07) is 1.62. The Morgan fingerprint density at radius 1 is 1.00 bits per heavy atom. The Balaban J connectivity index is 2.60. The maximum Gasteiger partial charge on any atom is 0.282 e. The van der Waals surface area contributed by atoms with Crippen molar-refractivity contribution in [3.8, 4) is 6.07 Å². The minimum absolute atomic E-state index is 0.0647. The lowest BCUT2D eigenvalue weighted by Gasteiger charge is -2.05. The number of hydrogen-bond donors (Lipinski definition) is 1. The SMILES string of the molecule is Cc1c(/C=C/c2c(F)c(F)c(F)c(F)c2F)n[nH]c(=O)c1C#N. The molecule has 0 bridgehead atoms. The molecule has 0 fully saturated rings. The van der Waals surface area contributed by atoms with Gasteiger partial charge in [0.1, 0.15) is 11.6 Å². The third-order valence-corrected chi connectivity index (χ3v) is 3.03. The van der Waals surface area contributed by atoms with E-state index in [4.69, 9.17) is 5.26 Å². The van der Waals surface area contributed by atoms with E-state index < -0.39 is 40.2 Å². The van der Waals surface area contributed by atoms with E-state index in [0.29, 0.717) is 6.08 Å². The summed E-state index contributed by atoms with van der Waals surface area (Å²) in [4.78, 5) is 11.3. The molecule has 118 valence electrons. The molecule has 2 aromatic rings. The van der Waals surface area contributed by atoms with Crippen LogP contribution >= 0.6 is 0 Å². The molecule has 4 nitrogen and oxygen atoms in total. The fourth-order valence-electron chi connectivity index (χ4n) is 1.78. The van der Waals surface area contributed by atoms with Crippen LogP contribution in [0.4, 0.5) is 22.0 Å². The fourth-order valence-corrected chi connectivity index (χ4v) is 1.78. The zero-order valence-electron chi connectivity index (χ0n) is 11.3. The molecule has 9 heteroatoms. The summed E-state index contributed by atoms with van der Waals surface area (Å²) in [5, 5.41) is 14.3. The molecule has 0 aliphatic heterocycles. The highest BCUT2D eigenvalue weighted by molar-refractivity contribution is 5.70. The van der Waals surface area contributed by atoms with E-state index in [9.17, 15) is 26.7 Å². The maximum atomic E-state index is 13.5. The van der Waals surface area contributed by atoms with Crippen LogP contribution in [0.25, 0.3) is 12.2 Å². The Hall–Kier alpha value is -3.02. The molecule has 1 heterocycles. The standard InChI is InChI=1S/C14H6F5N3O/c1-5-7(4-20)14(23)22-21-8(5)3-2-6-9(15)11(17)13(19)12(18)10(6)16/h2-3H,1H3,(H,22,23)/b3-2+. The summed E-state index contributed by atoms with van der Waals surface area (Å²) in [6.07, 6.45) is 1.54. The Morgan fingerprint density at radius 2 is 1.52 bits per heavy atom. The number of halogens is 5. The number of H-pyrrole nitrogens is 1. The second-order valence-electron chi connectivity index (χ2n) is 4.37. The molecule has 0 saturated heterocycles. The largest absolute Gasteiger partial charge is 0.282 e. The van der Waals surface area contributed by atoms with Crippen molar-refractivity contribution in [2.24, 2.45) is 0 Å². The van der Waals surface area contributed by atoms with Gasteiger partial charge in [-0.1, -0.05) is 0 Å². The van der Waals surface area contributed by atoms with Gasteiger partial charge >= 0.3 is 0 Å². The van der Waals surface area contributed by atoms with Crippen molar-refractivity contribution in [3.63, 3.8) is 0 Å². The van der Waals surface area contributed by atoms with E-state index >= 15 is 0 Å². The van der Waals surface area contributed by atoms with Gasteiger partial charge in [-0.25, -0.2) is 27.1 Å². The van der Waals surface area contributed by atoms with Crippen LogP contribution in [0, 0.1) is 47.3 Å². The van der Waals surface area contributed by atoms with Gasteiger partial charge in [0.2, 0.25) is 5.82 Å². The van der Waals surface area contributed by atoms with Crippen molar-refractivity contribution < 1.29 is 22.0 Å². The highest BCUT2D eigenvalue weighted by Gasteiger charge is 2.24. The highest BCUT2D eigenvalue weighted by atomic mass is 19.2. The normalized spacial score (nSPS) is 11.0. The molecule has 0 aliphatic carbocycles. The number of nitriles is 1. The Labute approximate surface area is 125 Å². The average molecular weight is 327 g/mol. The third kappa shape index (κ3) is 2.70. The number of hydrogen-bond acceptors (Lipinski definition) is 3.